The van der Waals surface area contributed by atoms with Crippen molar-refractivity contribution in [2.45, 2.75) is 51.5 Å². The molecule has 1 aromatic carbocycles. The van der Waals surface area contributed by atoms with E-state index >= 15 is 0 Å². The molecular weight excluding hydrogens is 374 g/mol. The molecule has 6 heteroatoms. The Balaban J connectivity index is 1.24. The highest BCUT2D eigenvalue weighted by atomic mass is 19.1. The van der Waals surface area contributed by atoms with E-state index < -0.39 is 11.6 Å². The highest BCUT2D eigenvalue weighted by Gasteiger charge is 2.42. The quantitative estimate of drug-likeness (QED) is 0.734. The van der Waals surface area contributed by atoms with Gasteiger partial charge in [0.05, 0.1) is 12.1 Å². The maximum atomic E-state index is 13.9. The number of halogens is 2. The van der Waals surface area contributed by atoms with Crippen LogP contribution < -0.4 is 5.32 Å². The molecule has 1 N–H and O–H groups in total. The normalized spacial score (nSPS) is 28.4. The topological polar surface area (TPSA) is 49.4 Å². The average molecular weight is 405 g/mol. The summed E-state index contributed by atoms with van der Waals surface area (Å²) in [6.45, 7) is 3.69. The number of rotatable bonds is 6. The number of likely N-dealkylation sites (tertiary alicyclic amines) is 1. The third-order valence-corrected chi connectivity index (χ3v) is 7.34. The molecule has 158 valence electrons. The third-order valence-electron chi connectivity index (χ3n) is 7.34. The number of benzene rings is 1. The maximum absolute atomic E-state index is 13.9. The molecule has 0 radical (unpaired) electrons. The van der Waals surface area contributed by atoms with Crippen molar-refractivity contribution in [3.63, 3.8) is 0 Å². The van der Waals surface area contributed by atoms with Gasteiger partial charge in [0.25, 0.3) is 0 Å². The SMILES string of the molecule is C[C@H](NC(=O)CN1CCC(C(=O)c2cc(F)ccc2F)CC1)[C@@H]1C[C@H]2CC[C@H]1C2. The molecule has 0 unspecified atom stereocenters. The molecule has 4 atom stereocenters. The van der Waals surface area contributed by atoms with Crippen molar-refractivity contribution in [1.29, 1.82) is 0 Å². The van der Waals surface area contributed by atoms with E-state index in [-0.39, 0.29) is 29.2 Å². The molecule has 2 saturated carbocycles. The highest BCUT2D eigenvalue weighted by Crippen LogP contribution is 2.49. The lowest BCUT2D eigenvalue weighted by Gasteiger charge is -2.32. The van der Waals surface area contributed by atoms with E-state index in [9.17, 15) is 18.4 Å². The van der Waals surface area contributed by atoms with E-state index in [1.165, 1.54) is 25.7 Å². The Bertz CT molecular complexity index is 776. The van der Waals surface area contributed by atoms with Crippen LogP contribution in [-0.2, 0) is 4.79 Å². The molecule has 4 nitrogen and oxygen atoms in total. The lowest BCUT2D eigenvalue weighted by Crippen LogP contribution is -2.47. The minimum absolute atomic E-state index is 0.0428. The molecule has 2 aliphatic carbocycles. The zero-order valence-corrected chi connectivity index (χ0v) is 17.0. The summed E-state index contributed by atoms with van der Waals surface area (Å²) in [4.78, 5) is 27.1. The van der Waals surface area contributed by atoms with Gasteiger partial charge in [-0.15, -0.1) is 0 Å². The van der Waals surface area contributed by atoms with Crippen molar-refractivity contribution in [3.8, 4) is 0 Å². The minimum atomic E-state index is -0.673. The first-order chi connectivity index (χ1) is 13.9. The first-order valence-electron chi connectivity index (χ1n) is 10.9. The second-order valence-electron chi connectivity index (χ2n) is 9.23. The second-order valence-corrected chi connectivity index (χ2v) is 9.23. The number of nitrogens with zero attached hydrogens (tertiary/aromatic N) is 1. The first-order valence-corrected chi connectivity index (χ1v) is 10.9. The molecule has 4 rings (SSSR count). The van der Waals surface area contributed by atoms with Gasteiger partial charge >= 0.3 is 0 Å². The van der Waals surface area contributed by atoms with Gasteiger partial charge in [0.1, 0.15) is 11.6 Å². The Morgan fingerprint density at radius 3 is 2.55 bits per heavy atom. The van der Waals surface area contributed by atoms with Crippen LogP contribution in [0, 0.1) is 35.3 Å². The molecule has 3 aliphatic rings. The van der Waals surface area contributed by atoms with Gasteiger partial charge in [0.15, 0.2) is 5.78 Å². The Kier molecular flexibility index (Phi) is 6.00. The molecule has 0 aromatic heterocycles. The fourth-order valence-electron chi connectivity index (χ4n) is 5.78. The Labute approximate surface area is 171 Å². The van der Waals surface area contributed by atoms with E-state index in [2.05, 4.69) is 17.1 Å². The molecule has 3 fully saturated rings. The van der Waals surface area contributed by atoms with E-state index in [0.717, 1.165) is 30.0 Å². The molecule has 29 heavy (non-hydrogen) atoms. The zero-order chi connectivity index (χ0) is 20.5. The Morgan fingerprint density at radius 1 is 1.14 bits per heavy atom. The molecule has 1 aromatic rings. The summed E-state index contributed by atoms with van der Waals surface area (Å²) in [6, 6.07) is 3.21. The third kappa shape index (κ3) is 4.52. The summed E-state index contributed by atoms with van der Waals surface area (Å²) in [7, 11) is 0. The second kappa shape index (κ2) is 8.50. The van der Waals surface area contributed by atoms with Gasteiger partial charge in [0.2, 0.25) is 5.91 Å². The number of Topliss-reactive ketones (excluding diaryl/α,β-unsaturated/α-hetero) is 1. The number of amides is 1. The fourth-order valence-corrected chi connectivity index (χ4v) is 5.78. The lowest BCUT2D eigenvalue weighted by atomic mass is 9.84. The minimum Gasteiger partial charge on any atom is -0.352 e. The Hall–Kier alpha value is -1.82. The summed E-state index contributed by atoms with van der Waals surface area (Å²) >= 11 is 0. The maximum Gasteiger partial charge on any atom is 0.234 e. The van der Waals surface area contributed by atoms with Gasteiger partial charge in [-0.25, -0.2) is 8.78 Å². The van der Waals surface area contributed by atoms with Crippen LogP contribution >= 0.6 is 0 Å². The van der Waals surface area contributed by atoms with Crippen LogP contribution in [0.15, 0.2) is 18.2 Å². The standard InChI is InChI=1S/C23H30F2N2O2/c1-14(19-11-15-2-3-17(19)10-15)26-22(28)13-27-8-6-16(7-9-27)23(29)20-12-18(24)4-5-21(20)25/h4-5,12,14-17,19H,2-3,6-11,13H2,1H3,(H,26,28)/t14-,15-,17-,19-/m0/s1. The molecule has 1 saturated heterocycles. The summed E-state index contributed by atoms with van der Waals surface area (Å²) in [5.41, 5.74) is -0.166. The number of carbonyl (C=O) groups is 2. The predicted molar refractivity (Wildman–Crippen MR) is 106 cm³/mol. The number of carbonyl (C=O) groups excluding carboxylic acids is 2. The number of hydrogen-bond donors (Lipinski definition) is 1. The van der Waals surface area contributed by atoms with Gasteiger partial charge < -0.3 is 5.32 Å². The van der Waals surface area contributed by atoms with Crippen LogP contribution in [-0.4, -0.2) is 42.3 Å². The molecule has 0 spiro atoms. The summed E-state index contributed by atoms with van der Waals surface area (Å²) in [6.07, 6.45) is 6.36. The van der Waals surface area contributed by atoms with Gasteiger partial charge in [-0.2, -0.15) is 0 Å². The number of fused-ring (bicyclic) bond motifs is 2. The molecular formula is C23H30F2N2O2. The van der Waals surface area contributed by atoms with Crippen molar-refractivity contribution in [2.24, 2.45) is 23.7 Å². The van der Waals surface area contributed by atoms with Crippen LogP contribution in [0.1, 0.15) is 55.8 Å². The molecule has 1 heterocycles. The summed E-state index contributed by atoms with van der Waals surface area (Å²) < 4.78 is 27.3. The van der Waals surface area contributed by atoms with Crippen molar-refractivity contribution in [1.82, 2.24) is 10.2 Å². The lowest BCUT2D eigenvalue weighted by molar-refractivity contribution is -0.123. The average Bonchev–Trinajstić information content (AvgIpc) is 3.33. The number of hydrogen-bond acceptors (Lipinski definition) is 3. The van der Waals surface area contributed by atoms with Crippen molar-refractivity contribution >= 4 is 11.7 Å². The van der Waals surface area contributed by atoms with E-state index in [1.807, 2.05) is 0 Å². The van der Waals surface area contributed by atoms with Crippen molar-refractivity contribution in [3.05, 3.63) is 35.4 Å². The van der Waals surface area contributed by atoms with Gasteiger partial charge in [-0.05, 0) is 88.1 Å². The van der Waals surface area contributed by atoms with Crippen LogP contribution in [0.4, 0.5) is 8.78 Å². The molecule has 1 aliphatic heterocycles. The first kappa shape index (κ1) is 20.5. The summed E-state index contributed by atoms with van der Waals surface area (Å²) in [5.74, 6) is 0.364. The van der Waals surface area contributed by atoms with E-state index in [1.54, 1.807) is 0 Å². The van der Waals surface area contributed by atoms with Crippen LogP contribution in [0.3, 0.4) is 0 Å². The van der Waals surface area contributed by atoms with Crippen LogP contribution in [0.5, 0.6) is 0 Å². The van der Waals surface area contributed by atoms with E-state index in [4.69, 9.17) is 0 Å². The van der Waals surface area contributed by atoms with Crippen LogP contribution in [0.2, 0.25) is 0 Å². The van der Waals surface area contributed by atoms with Gasteiger partial charge in [-0.3, -0.25) is 14.5 Å². The predicted octanol–water partition coefficient (Wildman–Crippen LogP) is 3.80. The monoisotopic (exact) mass is 404 g/mol. The number of piperidine rings is 1. The van der Waals surface area contributed by atoms with Gasteiger partial charge in [-0.1, -0.05) is 6.42 Å². The van der Waals surface area contributed by atoms with Gasteiger partial charge in [0, 0.05) is 12.0 Å². The Morgan fingerprint density at radius 2 is 1.90 bits per heavy atom. The number of ketones is 1. The van der Waals surface area contributed by atoms with Crippen LogP contribution in [0.25, 0.3) is 0 Å². The van der Waals surface area contributed by atoms with E-state index in [0.29, 0.717) is 38.4 Å². The number of nitrogens with one attached hydrogen (secondary N) is 1. The molecule has 1 amide bonds. The largest absolute Gasteiger partial charge is 0.352 e. The fraction of sp³-hybridized carbons (Fsp3) is 0.652. The summed E-state index contributed by atoms with van der Waals surface area (Å²) in [5, 5.41) is 3.19. The zero-order valence-electron chi connectivity index (χ0n) is 17.0. The smallest absolute Gasteiger partial charge is 0.234 e. The molecule has 2 bridgehead atoms. The van der Waals surface area contributed by atoms with Crippen molar-refractivity contribution in [2.75, 3.05) is 19.6 Å². The highest BCUT2D eigenvalue weighted by molar-refractivity contribution is 5.98. The van der Waals surface area contributed by atoms with Crippen molar-refractivity contribution < 1.29 is 18.4 Å².